The summed E-state index contributed by atoms with van der Waals surface area (Å²) in [5, 5.41) is 13.4. The summed E-state index contributed by atoms with van der Waals surface area (Å²) in [4.78, 5) is 0. The molecule has 1 atom stereocenters. The lowest BCUT2D eigenvalue weighted by atomic mass is 9.84. The van der Waals surface area contributed by atoms with E-state index >= 15 is 0 Å². The van der Waals surface area contributed by atoms with E-state index < -0.39 is 6.10 Å². The molecule has 2 N–H and O–H groups in total. The van der Waals surface area contributed by atoms with Gasteiger partial charge in [0.05, 0.1) is 6.10 Å². The van der Waals surface area contributed by atoms with Crippen molar-refractivity contribution in [2.24, 2.45) is 0 Å². The highest BCUT2D eigenvalue weighted by molar-refractivity contribution is 5.36. The molecule has 0 aliphatic carbocycles. The summed E-state index contributed by atoms with van der Waals surface area (Å²) in [6.45, 7) is 13.5. The molecule has 1 unspecified atom stereocenters. The Balaban J connectivity index is 2.89. The van der Waals surface area contributed by atoms with Crippen molar-refractivity contribution in [3.63, 3.8) is 0 Å². The van der Waals surface area contributed by atoms with Gasteiger partial charge < -0.3 is 10.4 Å². The summed E-state index contributed by atoms with van der Waals surface area (Å²) >= 11 is 0. The lowest BCUT2D eigenvalue weighted by Crippen LogP contribution is -2.22. The number of nitrogens with one attached hydrogen (secondary N) is 1. The van der Waals surface area contributed by atoms with E-state index in [1.165, 1.54) is 5.56 Å². The van der Waals surface area contributed by atoms with Crippen LogP contribution in [-0.4, -0.2) is 18.2 Å². The maximum atomic E-state index is 10.2. The second-order valence-electron chi connectivity index (χ2n) is 5.78. The Labute approximate surface area is 111 Å². The molecule has 1 rings (SSSR count). The molecule has 0 radical (unpaired) electrons. The normalized spacial score (nSPS) is 13.4. The van der Waals surface area contributed by atoms with Gasteiger partial charge in [0.25, 0.3) is 0 Å². The van der Waals surface area contributed by atoms with E-state index in [-0.39, 0.29) is 5.41 Å². The van der Waals surface area contributed by atoms with Gasteiger partial charge in [0.1, 0.15) is 0 Å². The second kappa shape index (κ2) is 6.17. The molecule has 0 aliphatic rings. The molecule has 2 heteroatoms. The fourth-order valence-corrected chi connectivity index (χ4v) is 1.90. The minimum Gasteiger partial charge on any atom is -0.387 e. The maximum Gasteiger partial charge on any atom is 0.0917 e. The summed E-state index contributed by atoms with van der Waals surface area (Å²) in [5.41, 5.74) is 3.51. The maximum absolute atomic E-state index is 10.2. The monoisotopic (exact) mass is 247 g/mol. The third kappa shape index (κ3) is 3.97. The number of benzene rings is 1. The number of hydrogen-bond donors (Lipinski definition) is 2. The van der Waals surface area contributed by atoms with E-state index in [1.807, 2.05) is 6.92 Å². The highest BCUT2D eigenvalue weighted by Crippen LogP contribution is 2.27. The number of aliphatic hydroxyl groups excluding tert-OH is 1. The number of aliphatic hydroxyl groups is 1. The van der Waals surface area contributed by atoms with Gasteiger partial charge in [-0.3, -0.25) is 0 Å². The zero-order valence-corrected chi connectivity index (χ0v) is 12.0. The molecular formula is C16H25NO. The van der Waals surface area contributed by atoms with Crippen LogP contribution in [0.1, 0.15) is 43.6 Å². The summed E-state index contributed by atoms with van der Waals surface area (Å²) in [7, 11) is 0. The predicted molar refractivity (Wildman–Crippen MR) is 77.9 cm³/mol. The molecule has 100 valence electrons. The van der Waals surface area contributed by atoms with Crippen molar-refractivity contribution in [2.45, 2.75) is 39.2 Å². The Morgan fingerprint density at radius 2 is 2.06 bits per heavy atom. The highest BCUT2D eigenvalue weighted by atomic mass is 16.3. The molecule has 1 aromatic carbocycles. The summed E-state index contributed by atoms with van der Waals surface area (Å²) < 4.78 is 0. The van der Waals surface area contributed by atoms with Crippen LogP contribution in [0.5, 0.6) is 0 Å². The van der Waals surface area contributed by atoms with Gasteiger partial charge >= 0.3 is 0 Å². The summed E-state index contributed by atoms with van der Waals surface area (Å²) in [6.07, 6.45) is 1.33. The highest BCUT2D eigenvalue weighted by Gasteiger charge is 2.17. The Morgan fingerprint density at radius 3 is 2.61 bits per heavy atom. The smallest absolute Gasteiger partial charge is 0.0917 e. The minimum atomic E-state index is -0.466. The van der Waals surface area contributed by atoms with E-state index in [2.05, 4.69) is 50.9 Å². The van der Waals surface area contributed by atoms with Crippen LogP contribution in [0.4, 0.5) is 0 Å². The van der Waals surface area contributed by atoms with Crippen LogP contribution in [-0.2, 0) is 5.41 Å². The fourth-order valence-electron chi connectivity index (χ4n) is 1.90. The van der Waals surface area contributed by atoms with Gasteiger partial charge in [-0.25, -0.2) is 0 Å². The van der Waals surface area contributed by atoms with Crippen LogP contribution in [0.25, 0.3) is 0 Å². The van der Waals surface area contributed by atoms with E-state index in [4.69, 9.17) is 0 Å². The molecule has 18 heavy (non-hydrogen) atoms. The minimum absolute atomic E-state index is 0.108. The average Bonchev–Trinajstić information content (AvgIpc) is 2.28. The zero-order chi connectivity index (χ0) is 13.8. The van der Waals surface area contributed by atoms with Crippen LogP contribution in [0.3, 0.4) is 0 Å². The van der Waals surface area contributed by atoms with Crippen molar-refractivity contribution < 1.29 is 5.11 Å². The lowest BCUT2D eigenvalue weighted by Gasteiger charge is -2.22. The lowest BCUT2D eigenvalue weighted by molar-refractivity contribution is 0.175. The fraction of sp³-hybridized carbons (Fsp3) is 0.500. The van der Waals surface area contributed by atoms with Gasteiger partial charge in [0, 0.05) is 13.1 Å². The van der Waals surface area contributed by atoms with Crippen LogP contribution < -0.4 is 5.32 Å². The molecule has 1 aromatic rings. The molecule has 0 saturated carbocycles. The van der Waals surface area contributed by atoms with Crippen LogP contribution >= 0.6 is 0 Å². The van der Waals surface area contributed by atoms with Crippen LogP contribution in [0, 0.1) is 6.92 Å². The first-order valence-corrected chi connectivity index (χ1v) is 6.47. The van der Waals surface area contributed by atoms with Gasteiger partial charge in [0.2, 0.25) is 0 Å². The second-order valence-corrected chi connectivity index (χ2v) is 5.78. The Bertz CT molecular complexity index is 404. The van der Waals surface area contributed by atoms with Crippen LogP contribution in [0.2, 0.25) is 0 Å². The van der Waals surface area contributed by atoms with Crippen molar-refractivity contribution in [1.82, 2.24) is 5.32 Å². The number of hydrogen-bond acceptors (Lipinski definition) is 2. The topological polar surface area (TPSA) is 32.3 Å². The number of aryl methyl sites for hydroxylation is 1. The molecule has 0 bridgehead atoms. The average molecular weight is 247 g/mol. The van der Waals surface area contributed by atoms with E-state index in [9.17, 15) is 5.11 Å². The van der Waals surface area contributed by atoms with E-state index in [0.717, 1.165) is 17.7 Å². The third-order valence-electron chi connectivity index (χ3n) is 3.13. The van der Waals surface area contributed by atoms with Gasteiger partial charge in [0.15, 0.2) is 0 Å². The third-order valence-corrected chi connectivity index (χ3v) is 3.13. The molecule has 0 heterocycles. The molecule has 0 spiro atoms. The molecule has 0 amide bonds. The zero-order valence-electron chi connectivity index (χ0n) is 12.0. The molecule has 0 saturated heterocycles. The van der Waals surface area contributed by atoms with Gasteiger partial charge in [-0.2, -0.15) is 0 Å². The predicted octanol–water partition coefficient (Wildman–Crippen LogP) is 3.10. The SMILES string of the molecule is C=CCNCC(O)c1cc(C(C)(C)C)ccc1C. The Kier molecular flexibility index (Phi) is 5.12. The quantitative estimate of drug-likeness (QED) is 0.619. The first-order valence-electron chi connectivity index (χ1n) is 6.47. The number of rotatable bonds is 5. The standard InChI is InChI=1S/C16H25NO/c1-6-9-17-11-15(18)14-10-13(16(3,4)5)8-7-12(14)2/h6-8,10,15,17-18H,1,9,11H2,2-5H3. The molecular weight excluding hydrogens is 222 g/mol. The molecule has 0 aliphatic heterocycles. The van der Waals surface area contributed by atoms with Crippen molar-refractivity contribution in [3.8, 4) is 0 Å². The van der Waals surface area contributed by atoms with Crippen LogP contribution in [0.15, 0.2) is 30.9 Å². The summed E-state index contributed by atoms with van der Waals surface area (Å²) in [6, 6.07) is 6.35. The molecule has 0 fully saturated rings. The van der Waals surface area contributed by atoms with Gasteiger partial charge in [-0.15, -0.1) is 6.58 Å². The van der Waals surface area contributed by atoms with Gasteiger partial charge in [-0.05, 0) is 29.0 Å². The van der Waals surface area contributed by atoms with E-state index in [1.54, 1.807) is 6.08 Å². The molecule has 0 aromatic heterocycles. The first kappa shape index (κ1) is 14.9. The Hall–Kier alpha value is -1.12. The van der Waals surface area contributed by atoms with Crippen molar-refractivity contribution in [2.75, 3.05) is 13.1 Å². The van der Waals surface area contributed by atoms with Crippen molar-refractivity contribution in [3.05, 3.63) is 47.5 Å². The summed E-state index contributed by atoms with van der Waals surface area (Å²) in [5.74, 6) is 0. The van der Waals surface area contributed by atoms with Gasteiger partial charge in [-0.1, -0.05) is 45.0 Å². The van der Waals surface area contributed by atoms with Crippen molar-refractivity contribution >= 4 is 0 Å². The Morgan fingerprint density at radius 1 is 1.39 bits per heavy atom. The molecule has 2 nitrogen and oxygen atoms in total. The van der Waals surface area contributed by atoms with Crippen molar-refractivity contribution in [1.29, 1.82) is 0 Å². The largest absolute Gasteiger partial charge is 0.387 e. The first-order chi connectivity index (χ1) is 8.36. The van der Waals surface area contributed by atoms with E-state index in [0.29, 0.717) is 6.54 Å².